The van der Waals surface area contributed by atoms with Crippen molar-refractivity contribution >= 4 is 27.3 Å². The van der Waals surface area contributed by atoms with E-state index >= 15 is 0 Å². The molecule has 0 radical (unpaired) electrons. The van der Waals surface area contributed by atoms with Gasteiger partial charge in [-0.1, -0.05) is 12.1 Å². The minimum Gasteiger partial charge on any atom is -0.381 e. The third-order valence-corrected chi connectivity index (χ3v) is 4.78. The molecule has 2 unspecified atom stereocenters. The van der Waals surface area contributed by atoms with Crippen molar-refractivity contribution in [3.05, 3.63) is 24.3 Å². The van der Waals surface area contributed by atoms with Crippen LogP contribution in [0.3, 0.4) is 0 Å². The van der Waals surface area contributed by atoms with E-state index in [4.69, 9.17) is 11.6 Å². The number of hydrogen-bond donors (Lipinski definition) is 1. The van der Waals surface area contributed by atoms with Crippen LogP contribution < -0.4 is 5.32 Å². The Morgan fingerprint density at radius 3 is 2.37 bits per heavy atom. The van der Waals surface area contributed by atoms with Gasteiger partial charge in [-0.15, -0.1) is 11.6 Å². The van der Waals surface area contributed by atoms with Gasteiger partial charge in [0.15, 0.2) is 0 Å². The maximum absolute atomic E-state index is 12.2. The van der Waals surface area contributed by atoms with Crippen LogP contribution in [-0.4, -0.2) is 38.2 Å². The third-order valence-electron chi connectivity index (χ3n) is 2.73. The zero-order chi connectivity index (χ0) is 14.6. The average molecular weight is 305 g/mol. The smallest absolute Gasteiger partial charge is 0.244 e. The molecular formula is C13H21ClN2O2S. The average Bonchev–Trinajstić information content (AvgIpc) is 2.27. The fourth-order valence-electron chi connectivity index (χ4n) is 1.82. The quantitative estimate of drug-likeness (QED) is 0.822. The standard InChI is InChI=1S/C13H21ClN2O2S/c1-10(14)9-11(2)15-12-7-5-6-8-13(12)19(17,18)16(3)4/h5-8,10-11,15H,9H2,1-4H3. The monoisotopic (exact) mass is 304 g/mol. The summed E-state index contributed by atoms with van der Waals surface area (Å²) in [7, 11) is -0.395. The number of sulfonamides is 1. The molecule has 1 aromatic rings. The van der Waals surface area contributed by atoms with Gasteiger partial charge in [0.05, 0.1) is 5.69 Å². The number of benzene rings is 1. The van der Waals surface area contributed by atoms with Crippen LogP contribution in [-0.2, 0) is 10.0 Å². The Hall–Kier alpha value is -0.780. The van der Waals surface area contributed by atoms with E-state index in [0.29, 0.717) is 5.69 Å². The van der Waals surface area contributed by atoms with Gasteiger partial charge in [0.1, 0.15) is 4.90 Å². The summed E-state index contributed by atoms with van der Waals surface area (Å²) in [5.41, 5.74) is 0.612. The zero-order valence-electron chi connectivity index (χ0n) is 11.7. The van der Waals surface area contributed by atoms with Gasteiger partial charge >= 0.3 is 0 Å². The van der Waals surface area contributed by atoms with Gasteiger partial charge < -0.3 is 5.32 Å². The Morgan fingerprint density at radius 2 is 1.84 bits per heavy atom. The molecule has 6 heteroatoms. The number of nitrogens with one attached hydrogen (secondary N) is 1. The minimum atomic E-state index is -3.44. The van der Waals surface area contributed by atoms with Crippen molar-refractivity contribution in [2.24, 2.45) is 0 Å². The molecule has 2 atom stereocenters. The second kappa shape index (κ2) is 6.59. The molecule has 0 aliphatic rings. The highest BCUT2D eigenvalue weighted by molar-refractivity contribution is 7.89. The highest BCUT2D eigenvalue weighted by Crippen LogP contribution is 2.24. The molecule has 19 heavy (non-hydrogen) atoms. The Balaban J connectivity index is 3.04. The van der Waals surface area contributed by atoms with Crippen molar-refractivity contribution in [3.63, 3.8) is 0 Å². The molecule has 0 spiro atoms. The second-order valence-corrected chi connectivity index (χ2v) is 7.71. The van der Waals surface area contributed by atoms with E-state index in [-0.39, 0.29) is 16.3 Å². The third kappa shape index (κ3) is 4.37. The van der Waals surface area contributed by atoms with Gasteiger partial charge in [-0.2, -0.15) is 0 Å². The Kier molecular flexibility index (Phi) is 5.64. The van der Waals surface area contributed by atoms with Crippen LogP contribution in [0.1, 0.15) is 20.3 Å². The first kappa shape index (κ1) is 16.3. The summed E-state index contributed by atoms with van der Waals surface area (Å²) >= 11 is 5.95. The lowest BCUT2D eigenvalue weighted by Crippen LogP contribution is -2.25. The van der Waals surface area contributed by atoms with Crippen molar-refractivity contribution in [2.75, 3.05) is 19.4 Å². The summed E-state index contributed by atoms with van der Waals surface area (Å²) < 4.78 is 25.6. The van der Waals surface area contributed by atoms with Gasteiger partial charge in [0.2, 0.25) is 10.0 Å². The highest BCUT2D eigenvalue weighted by atomic mass is 35.5. The van der Waals surface area contributed by atoms with E-state index in [1.807, 2.05) is 19.9 Å². The SMILES string of the molecule is CC(Cl)CC(C)Nc1ccccc1S(=O)(=O)N(C)C. The minimum absolute atomic E-state index is 0.0418. The molecule has 1 rings (SSSR count). The molecule has 4 nitrogen and oxygen atoms in total. The maximum Gasteiger partial charge on any atom is 0.244 e. The lowest BCUT2D eigenvalue weighted by Gasteiger charge is -2.20. The summed E-state index contributed by atoms with van der Waals surface area (Å²) in [5.74, 6) is 0. The van der Waals surface area contributed by atoms with E-state index in [1.165, 1.54) is 18.4 Å². The zero-order valence-corrected chi connectivity index (χ0v) is 13.3. The molecule has 0 saturated carbocycles. The fraction of sp³-hybridized carbons (Fsp3) is 0.538. The Bertz CT molecular complexity index is 515. The molecule has 0 aliphatic heterocycles. The summed E-state index contributed by atoms with van der Waals surface area (Å²) in [4.78, 5) is 0.286. The number of hydrogen-bond acceptors (Lipinski definition) is 3. The summed E-state index contributed by atoms with van der Waals surface area (Å²) in [6.07, 6.45) is 0.762. The topological polar surface area (TPSA) is 49.4 Å². The van der Waals surface area contributed by atoms with Crippen LogP contribution in [0.5, 0.6) is 0 Å². The van der Waals surface area contributed by atoms with E-state index in [9.17, 15) is 8.42 Å². The van der Waals surface area contributed by atoms with E-state index in [0.717, 1.165) is 6.42 Å². The van der Waals surface area contributed by atoms with Gasteiger partial charge in [0, 0.05) is 25.5 Å². The molecule has 1 aromatic carbocycles. The number of anilines is 1. The van der Waals surface area contributed by atoms with Crippen LogP contribution in [0.2, 0.25) is 0 Å². The number of alkyl halides is 1. The summed E-state index contributed by atoms with van der Waals surface area (Å²) in [6, 6.07) is 7.01. The Morgan fingerprint density at radius 1 is 1.26 bits per heavy atom. The summed E-state index contributed by atoms with van der Waals surface area (Å²) in [5, 5.41) is 3.25. The van der Waals surface area contributed by atoms with Crippen LogP contribution in [0.15, 0.2) is 29.2 Å². The molecule has 1 N–H and O–H groups in total. The second-order valence-electron chi connectivity index (χ2n) is 4.85. The molecule has 0 aliphatic carbocycles. The lowest BCUT2D eigenvalue weighted by molar-refractivity contribution is 0.521. The molecule has 108 valence electrons. The molecular weight excluding hydrogens is 284 g/mol. The van der Waals surface area contributed by atoms with E-state index in [2.05, 4.69) is 5.32 Å². The first-order chi connectivity index (χ1) is 8.75. The van der Waals surface area contributed by atoms with Crippen molar-refractivity contribution < 1.29 is 8.42 Å². The largest absolute Gasteiger partial charge is 0.381 e. The van der Waals surface area contributed by atoms with Crippen LogP contribution >= 0.6 is 11.6 Å². The van der Waals surface area contributed by atoms with Gasteiger partial charge in [-0.3, -0.25) is 0 Å². The van der Waals surface area contributed by atoms with Crippen molar-refractivity contribution in [3.8, 4) is 0 Å². The van der Waals surface area contributed by atoms with Crippen molar-refractivity contribution in [2.45, 2.75) is 36.6 Å². The number of rotatable bonds is 6. The van der Waals surface area contributed by atoms with Crippen molar-refractivity contribution in [1.82, 2.24) is 4.31 Å². The number of halogens is 1. The normalized spacial score (nSPS) is 15.3. The number of para-hydroxylation sites is 1. The Labute approximate surface area is 120 Å². The molecule has 0 fully saturated rings. The summed E-state index contributed by atoms with van der Waals surface area (Å²) in [6.45, 7) is 3.90. The van der Waals surface area contributed by atoms with Gasteiger partial charge in [-0.25, -0.2) is 12.7 Å². The first-order valence-corrected chi connectivity index (χ1v) is 8.05. The maximum atomic E-state index is 12.2. The highest BCUT2D eigenvalue weighted by Gasteiger charge is 2.21. The van der Waals surface area contributed by atoms with Gasteiger partial charge in [0.25, 0.3) is 0 Å². The van der Waals surface area contributed by atoms with Crippen molar-refractivity contribution in [1.29, 1.82) is 0 Å². The fourth-order valence-corrected chi connectivity index (χ4v) is 3.14. The van der Waals surface area contributed by atoms with E-state index in [1.54, 1.807) is 18.2 Å². The molecule has 0 heterocycles. The number of nitrogens with zero attached hydrogens (tertiary/aromatic N) is 1. The molecule has 0 aromatic heterocycles. The lowest BCUT2D eigenvalue weighted by atomic mass is 10.2. The van der Waals surface area contributed by atoms with Gasteiger partial charge in [-0.05, 0) is 32.4 Å². The van der Waals surface area contributed by atoms with Crippen LogP contribution in [0.4, 0.5) is 5.69 Å². The molecule has 0 bridgehead atoms. The molecule has 0 saturated heterocycles. The van der Waals surface area contributed by atoms with E-state index < -0.39 is 10.0 Å². The predicted octanol–water partition coefficient (Wildman–Crippen LogP) is 2.75. The first-order valence-electron chi connectivity index (χ1n) is 6.17. The predicted molar refractivity (Wildman–Crippen MR) is 80.3 cm³/mol. The van der Waals surface area contributed by atoms with Crippen LogP contribution in [0, 0.1) is 0 Å². The van der Waals surface area contributed by atoms with Crippen LogP contribution in [0.25, 0.3) is 0 Å². The molecule has 0 amide bonds.